The van der Waals surface area contributed by atoms with Crippen LogP contribution in [0.15, 0.2) is 24.3 Å². The van der Waals surface area contributed by atoms with Crippen LogP contribution in [-0.4, -0.2) is 30.5 Å². The topological polar surface area (TPSA) is 65.3 Å². The first kappa shape index (κ1) is 9.97. The first-order valence-electron chi connectivity index (χ1n) is 4.83. The van der Waals surface area contributed by atoms with Crippen molar-refractivity contribution in [1.29, 1.82) is 5.26 Å². The van der Waals surface area contributed by atoms with E-state index in [1.54, 1.807) is 6.07 Å². The summed E-state index contributed by atoms with van der Waals surface area (Å²) in [6.45, 7) is 0.827. The average molecular weight is 204 g/mol. The number of nitriles is 1. The average Bonchev–Trinajstić information content (AvgIpc) is 2.65. The normalized spacial score (nSPS) is 24.8. The number of hydrogen-bond donors (Lipinski definition) is 2. The summed E-state index contributed by atoms with van der Waals surface area (Å²) in [5.74, 6) is 0. The minimum Gasteiger partial charge on any atom is -0.388 e. The van der Waals surface area contributed by atoms with E-state index in [2.05, 4.69) is 11.4 Å². The Morgan fingerprint density at radius 1 is 1.40 bits per heavy atom. The van der Waals surface area contributed by atoms with Crippen LogP contribution >= 0.6 is 0 Å². The van der Waals surface area contributed by atoms with Crippen molar-refractivity contribution in [3.05, 3.63) is 29.8 Å². The van der Waals surface area contributed by atoms with E-state index < -0.39 is 6.10 Å². The molecule has 0 spiro atoms. The standard InChI is InChI=1S/C11H12N2O2/c12-5-8-3-1-2-4-9(8)13-10-6-15-7-11(10)14/h1-4,10-11,13-14H,6-7H2. The van der Waals surface area contributed by atoms with Crippen molar-refractivity contribution in [2.75, 3.05) is 18.5 Å². The third kappa shape index (κ3) is 2.09. The number of nitrogens with one attached hydrogen (secondary N) is 1. The Kier molecular flexibility index (Phi) is 2.86. The van der Waals surface area contributed by atoms with Gasteiger partial charge in [-0.25, -0.2) is 0 Å². The number of aliphatic hydroxyl groups excluding tert-OH is 1. The number of aliphatic hydroxyl groups is 1. The van der Waals surface area contributed by atoms with Gasteiger partial charge < -0.3 is 15.2 Å². The number of nitrogens with zero attached hydrogens (tertiary/aromatic N) is 1. The van der Waals surface area contributed by atoms with Crippen LogP contribution in [0.25, 0.3) is 0 Å². The molecule has 4 heteroatoms. The highest BCUT2D eigenvalue weighted by Crippen LogP contribution is 2.18. The Morgan fingerprint density at radius 3 is 2.87 bits per heavy atom. The lowest BCUT2D eigenvalue weighted by atomic mass is 10.1. The molecule has 2 atom stereocenters. The molecule has 0 amide bonds. The van der Waals surface area contributed by atoms with Crippen LogP contribution in [0.1, 0.15) is 5.56 Å². The molecule has 2 rings (SSSR count). The second-order valence-corrected chi connectivity index (χ2v) is 3.51. The van der Waals surface area contributed by atoms with E-state index in [4.69, 9.17) is 10.00 Å². The maximum absolute atomic E-state index is 9.54. The van der Waals surface area contributed by atoms with Gasteiger partial charge in [-0.05, 0) is 12.1 Å². The molecule has 1 saturated heterocycles. The Hall–Kier alpha value is -1.57. The second kappa shape index (κ2) is 4.30. The van der Waals surface area contributed by atoms with E-state index in [0.29, 0.717) is 18.8 Å². The van der Waals surface area contributed by atoms with E-state index in [1.807, 2.05) is 18.2 Å². The number of hydrogen-bond acceptors (Lipinski definition) is 4. The summed E-state index contributed by atoms with van der Waals surface area (Å²) in [7, 11) is 0. The van der Waals surface area contributed by atoms with Gasteiger partial charge in [-0.2, -0.15) is 5.26 Å². The van der Waals surface area contributed by atoms with Gasteiger partial charge in [0.05, 0.1) is 36.6 Å². The van der Waals surface area contributed by atoms with Gasteiger partial charge in [-0.15, -0.1) is 0 Å². The predicted octanol–water partition coefficient (Wildman–Crippen LogP) is 0.730. The Balaban J connectivity index is 2.14. The Labute approximate surface area is 88.1 Å². The van der Waals surface area contributed by atoms with Crippen molar-refractivity contribution in [2.45, 2.75) is 12.1 Å². The highest BCUT2D eigenvalue weighted by atomic mass is 16.5. The molecule has 1 aromatic rings. The fourth-order valence-corrected chi connectivity index (χ4v) is 1.59. The molecule has 2 N–H and O–H groups in total. The molecule has 0 saturated carbocycles. The lowest BCUT2D eigenvalue weighted by molar-refractivity contribution is 0.125. The number of para-hydroxylation sites is 1. The Bertz CT molecular complexity index is 386. The number of benzene rings is 1. The number of ether oxygens (including phenoxy) is 1. The van der Waals surface area contributed by atoms with Gasteiger partial charge in [0.1, 0.15) is 6.07 Å². The quantitative estimate of drug-likeness (QED) is 0.745. The number of rotatable bonds is 2. The zero-order valence-electron chi connectivity index (χ0n) is 8.18. The van der Waals surface area contributed by atoms with Crippen LogP contribution in [0.5, 0.6) is 0 Å². The zero-order valence-corrected chi connectivity index (χ0v) is 8.18. The van der Waals surface area contributed by atoms with Crippen LogP contribution in [-0.2, 0) is 4.74 Å². The lowest BCUT2D eigenvalue weighted by Gasteiger charge is -2.16. The van der Waals surface area contributed by atoms with E-state index in [9.17, 15) is 5.11 Å². The molecule has 0 radical (unpaired) electrons. The number of anilines is 1. The predicted molar refractivity (Wildman–Crippen MR) is 55.4 cm³/mol. The maximum atomic E-state index is 9.54. The van der Waals surface area contributed by atoms with Gasteiger partial charge in [0.15, 0.2) is 0 Å². The molecular formula is C11H12N2O2. The molecule has 1 aromatic carbocycles. The van der Waals surface area contributed by atoms with E-state index in [1.165, 1.54) is 0 Å². The Morgan fingerprint density at radius 2 is 2.20 bits per heavy atom. The van der Waals surface area contributed by atoms with Crippen molar-refractivity contribution in [3.8, 4) is 6.07 Å². The van der Waals surface area contributed by atoms with Gasteiger partial charge in [0.2, 0.25) is 0 Å². The maximum Gasteiger partial charge on any atom is 0.101 e. The second-order valence-electron chi connectivity index (χ2n) is 3.51. The van der Waals surface area contributed by atoms with Gasteiger partial charge in [-0.1, -0.05) is 12.1 Å². The summed E-state index contributed by atoms with van der Waals surface area (Å²) in [5, 5.41) is 21.5. The van der Waals surface area contributed by atoms with Crippen LogP contribution in [0.3, 0.4) is 0 Å². The van der Waals surface area contributed by atoms with Gasteiger partial charge in [-0.3, -0.25) is 0 Å². The fraction of sp³-hybridized carbons (Fsp3) is 0.364. The third-order valence-electron chi connectivity index (χ3n) is 2.44. The SMILES string of the molecule is N#Cc1ccccc1NC1COCC1O. The summed E-state index contributed by atoms with van der Waals surface area (Å²) in [4.78, 5) is 0. The molecular weight excluding hydrogens is 192 g/mol. The first-order valence-corrected chi connectivity index (χ1v) is 4.83. The van der Waals surface area contributed by atoms with Crippen molar-refractivity contribution in [2.24, 2.45) is 0 Å². The molecule has 15 heavy (non-hydrogen) atoms. The first-order chi connectivity index (χ1) is 7.31. The summed E-state index contributed by atoms with van der Waals surface area (Å²) in [5.41, 5.74) is 1.33. The summed E-state index contributed by atoms with van der Waals surface area (Å²) >= 11 is 0. The molecule has 0 aromatic heterocycles. The van der Waals surface area contributed by atoms with Crippen LogP contribution in [0, 0.1) is 11.3 Å². The van der Waals surface area contributed by atoms with Crippen LogP contribution in [0.2, 0.25) is 0 Å². The van der Waals surface area contributed by atoms with Gasteiger partial charge in [0, 0.05) is 0 Å². The van der Waals surface area contributed by atoms with Crippen LogP contribution < -0.4 is 5.32 Å². The van der Waals surface area contributed by atoms with Crippen molar-refractivity contribution in [3.63, 3.8) is 0 Å². The summed E-state index contributed by atoms with van der Waals surface area (Å²) in [6.07, 6.45) is -0.503. The van der Waals surface area contributed by atoms with E-state index >= 15 is 0 Å². The zero-order chi connectivity index (χ0) is 10.7. The van der Waals surface area contributed by atoms with Crippen molar-refractivity contribution in [1.82, 2.24) is 0 Å². The molecule has 1 heterocycles. The molecule has 78 valence electrons. The van der Waals surface area contributed by atoms with E-state index in [-0.39, 0.29) is 6.04 Å². The highest BCUT2D eigenvalue weighted by molar-refractivity contribution is 5.57. The van der Waals surface area contributed by atoms with Crippen molar-refractivity contribution < 1.29 is 9.84 Å². The summed E-state index contributed by atoms with van der Waals surface area (Å²) in [6, 6.07) is 9.20. The fourth-order valence-electron chi connectivity index (χ4n) is 1.59. The molecule has 4 nitrogen and oxygen atoms in total. The molecule has 0 aliphatic carbocycles. The molecule has 1 aliphatic rings. The van der Waals surface area contributed by atoms with Crippen molar-refractivity contribution >= 4 is 5.69 Å². The minimum absolute atomic E-state index is 0.125. The monoisotopic (exact) mass is 204 g/mol. The highest BCUT2D eigenvalue weighted by Gasteiger charge is 2.26. The largest absolute Gasteiger partial charge is 0.388 e. The third-order valence-corrected chi connectivity index (χ3v) is 2.44. The molecule has 0 bridgehead atoms. The molecule has 2 unspecified atom stereocenters. The molecule has 1 fully saturated rings. The summed E-state index contributed by atoms with van der Waals surface area (Å²) < 4.78 is 5.12. The minimum atomic E-state index is -0.503. The smallest absolute Gasteiger partial charge is 0.101 e. The van der Waals surface area contributed by atoms with Gasteiger partial charge in [0.25, 0.3) is 0 Å². The van der Waals surface area contributed by atoms with Gasteiger partial charge >= 0.3 is 0 Å². The van der Waals surface area contributed by atoms with E-state index in [0.717, 1.165) is 5.69 Å². The van der Waals surface area contributed by atoms with Crippen LogP contribution in [0.4, 0.5) is 5.69 Å². The lowest BCUT2D eigenvalue weighted by Crippen LogP contribution is -2.32. The molecule has 1 aliphatic heterocycles.